The predicted octanol–water partition coefficient (Wildman–Crippen LogP) is 3.72. The van der Waals surface area contributed by atoms with Crippen molar-refractivity contribution >= 4 is 21.6 Å². The first-order chi connectivity index (χ1) is 11.1. The summed E-state index contributed by atoms with van der Waals surface area (Å²) in [5.74, 6) is 1.76. The Balaban J connectivity index is 1.67. The highest BCUT2D eigenvalue weighted by molar-refractivity contribution is 9.10. The van der Waals surface area contributed by atoms with E-state index in [2.05, 4.69) is 31.1 Å². The standard InChI is InChI=1S/C15H11BrN4O3/c16-11-3-7-13(8-4-11)23-9-14-17-15(19-18-14)10-1-5-12(6-2-10)20(21)22/h1-8H,9H2,(H,17,18,19). The molecular weight excluding hydrogens is 364 g/mol. The molecule has 8 heteroatoms. The van der Waals surface area contributed by atoms with E-state index < -0.39 is 4.92 Å². The number of nitro groups is 1. The van der Waals surface area contributed by atoms with Crippen molar-refractivity contribution in [2.45, 2.75) is 6.61 Å². The van der Waals surface area contributed by atoms with E-state index >= 15 is 0 Å². The minimum Gasteiger partial charge on any atom is -0.486 e. The summed E-state index contributed by atoms with van der Waals surface area (Å²) in [6, 6.07) is 13.5. The number of nitrogens with one attached hydrogen (secondary N) is 1. The molecule has 0 unspecified atom stereocenters. The van der Waals surface area contributed by atoms with Gasteiger partial charge in [0.1, 0.15) is 12.4 Å². The van der Waals surface area contributed by atoms with Gasteiger partial charge in [-0.2, -0.15) is 5.10 Å². The van der Waals surface area contributed by atoms with Gasteiger partial charge in [-0.15, -0.1) is 0 Å². The molecule has 3 aromatic rings. The highest BCUT2D eigenvalue weighted by Crippen LogP contribution is 2.20. The maximum Gasteiger partial charge on any atom is 0.269 e. The molecule has 0 radical (unpaired) electrons. The smallest absolute Gasteiger partial charge is 0.269 e. The third-order valence-electron chi connectivity index (χ3n) is 3.06. The summed E-state index contributed by atoms with van der Waals surface area (Å²) in [5.41, 5.74) is 0.727. The summed E-state index contributed by atoms with van der Waals surface area (Å²) < 4.78 is 6.58. The minimum atomic E-state index is -0.445. The monoisotopic (exact) mass is 374 g/mol. The van der Waals surface area contributed by atoms with E-state index in [1.165, 1.54) is 12.1 Å². The van der Waals surface area contributed by atoms with E-state index in [1.807, 2.05) is 24.3 Å². The fraction of sp³-hybridized carbons (Fsp3) is 0.0667. The number of halogens is 1. The van der Waals surface area contributed by atoms with Crippen LogP contribution >= 0.6 is 15.9 Å². The zero-order valence-corrected chi connectivity index (χ0v) is 13.4. The Kier molecular flexibility index (Phi) is 4.33. The van der Waals surface area contributed by atoms with Gasteiger partial charge in [0.25, 0.3) is 5.69 Å². The Bertz CT molecular complexity index is 815. The summed E-state index contributed by atoms with van der Waals surface area (Å²) in [6.07, 6.45) is 0. The van der Waals surface area contributed by atoms with E-state index in [0.29, 0.717) is 17.2 Å². The number of aromatic nitrogens is 3. The van der Waals surface area contributed by atoms with Gasteiger partial charge in [-0.3, -0.25) is 15.2 Å². The number of H-pyrrole nitrogens is 1. The normalized spacial score (nSPS) is 10.5. The second-order valence-corrected chi connectivity index (χ2v) is 5.57. The number of benzene rings is 2. The van der Waals surface area contributed by atoms with Crippen molar-refractivity contribution in [1.82, 2.24) is 15.2 Å². The van der Waals surface area contributed by atoms with E-state index in [4.69, 9.17) is 4.74 Å². The van der Waals surface area contributed by atoms with E-state index in [0.717, 1.165) is 10.2 Å². The van der Waals surface area contributed by atoms with Gasteiger partial charge in [-0.05, 0) is 36.4 Å². The molecule has 23 heavy (non-hydrogen) atoms. The lowest BCUT2D eigenvalue weighted by molar-refractivity contribution is -0.384. The zero-order chi connectivity index (χ0) is 16.2. The number of aromatic amines is 1. The second kappa shape index (κ2) is 6.57. The van der Waals surface area contributed by atoms with Crippen LogP contribution in [0.5, 0.6) is 5.75 Å². The maximum absolute atomic E-state index is 10.6. The molecule has 0 bridgehead atoms. The molecule has 7 nitrogen and oxygen atoms in total. The Hall–Kier alpha value is -2.74. The summed E-state index contributed by atoms with van der Waals surface area (Å²) >= 11 is 3.36. The molecule has 3 rings (SSSR count). The van der Waals surface area contributed by atoms with Crippen LogP contribution in [0.25, 0.3) is 11.4 Å². The van der Waals surface area contributed by atoms with E-state index in [-0.39, 0.29) is 12.3 Å². The molecule has 1 N–H and O–H groups in total. The third-order valence-corrected chi connectivity index (χ3v) is 3.59. The number of rotatable bonds is 5. The van der Waals surface area contributed by atoms with Crippen molar-refractivity contribution in [3.05, 3.63) is 68.9 Å². The molecule has 2 aromatic carbocycles. The third kappa shape index (κ3) is 3.72. The molecule has 0 saturated heterocycles. The summed E-state index contributed by atoms with van der Waals surface area (Å²) in [4.78, 5) is 14.5. The van der Waals surface area contributed by atoms with Gasteiger partial charge < -0.3 is 4.74 Å². The fourth-order valence-electron chi connectivity index (χ4n) is 1.90. The molecule has 0 atom stereocenters. The van der Waals surface area contributed by atoms with Crippen LogP contribution in [0.3, 0.4) is 0 Å². The van der Waals surface area contributed by atoms with Gasteiger partial charge in [-0.1, -0.05) is 15.9 Å². The number of nitro benzene ring substituents is 1. The van der Waals surface area contributed by atoms with Crippen LogP contribution < -0.4 is 4.74 Å². The van der Waals surface area contributed by atoms with Crippen molar-refractivity contribution in [1.29, 1.82) is 0 Å². The first-order valence-electron chi connectivity index (χ1n) is 6.66. The van der Waals surface area contributed by atoms with Crippen LogP contribution in [0.4, 0.5) is 5.69 Å². The van der Waals surface area contributed by atoms with Crippen molar-refractivity contribution < 1.29 is 9.66 Å². The molecule has 0 aliphatic heterocycles. The number of hydrogen-bond donors (Lipinski definition) is 1. The molecule has 0 aliphatic rings. The zero-order valence-electron chi connectivity index (χ0n) is 11.8. The maximum atomic E-state index is 10.6. The van der Waals surface area contributed by atoms with Crippen LogP contribution in [-0.2, 0) is 6.61 Å². The van der Waals surface area contributed by atoms with Gasteiger partial charge in [0.05, 0.1) is 4.92 Å². The van der Waals surface area contributed by atoms with E-state index in [9.17, 15) is 10.1 Å². The second-order valence-electron chi connectivity index (χ2n) is 4.65. The Morgan fingerprint density at radius 3 is 2.48 bits per heavy atom. The van der Waals surface area contributed by atoms with Crippen LogP contribution in [0.1, 0.15) is 5.82 Å². The van der Waals surface area contributed by atoms with Gasteiger partial charge in [0.2, 0.25) is 0 Å². The molecule has 0 fully saturated rings. The lowest BCUT2D eigenvalue weighted by Gasteiger charge is -2.03. The van der Waals surface area contributed by atoms with Crippen LogP contribution in [0.2, 0.25) is 0 Å². The Morgan fingerprint density at radius 2 is 1.83 bits per heavy atom. The summed E-state index contributed by atoms with van der Waals surface area (Å²) in [5, 5.41) is 17.5. The summed E-state index contributed by atoms with van der Waals surface area (Å²) in [7, 11) is 0. The number of ether oxygens (including phenoxy) is 1. The van der Waals surface area contributed by atoms with Crippen molar-refractivity contribution in [3.8, 4) is 17.1 Å². The largest absolute Gasteiger partial charge is 0.486 e. The van der Waals surface area contributed by atoms with Crippen molar-refractivity contribution in [2.75, 3.05) is 0 Å². The van der Waals surface area contributed by atoms with Gasteiger partial charge >= 0.3 is 0 Å². The molecule has 1 aromatic heterocycles. The molecular formula is C15H11BrN4O3. The first-order valence-corrected chi connectivity index (χ1v) is 7.45. The lowest BCUT2D eigenvalue weighted by atomic mass is 10.2. The average Bonchev–Trinajstić information content (AvgIpc) is 3.03. The van der Waals surface area contributed by atoms with E-state index in [1.54, 1.807) is 12.1 Å². The molecule has 0 spiro atoms. The molecule has 116 valence electrons. The average molecular weight is 375 g/mol. The first kappa shape index (κ1) is 15.2. The predicted molar refractivity (Wildman–Crippen MR) is 86.9 cm³/mol. The highest BCUT2D eigenvalue weighted by Gasteiger charge is 2.09. The van der Waals surface area contributed by atoms with Gasteiger partial charge in [-0.25, -0.2) is 4.98 Å². The highest BCUT2D eigenvalue weighted by atomic mass is 79.9. The SMILES string of the molecule is O=[N+]([O-])c1ccc(-c2n[nH]c(COc3ccc(Br)cc3)n2)cc1. The van der Waals surface area contributed by atoms with Crippen molar-refractivity contribution in [2.24, 2.45) is 0 Å². The molecule has 0 saturated carbocycles. The fourth-order valence-corrected chi connectivity index (χ4v) is 2.17. The Labute approximate surface area is 139 Å². The summed E-state index contributed by atoms with van der Waals surface area (Å²) in [6.45, 7) is 0.252. The van der Waals surface area contributed by atoms with Crippen LogP contribution in [-0.4, -0.2) is 20.1 Å². The molecule has 0 aliphatic carbocycles. The van der Waals surface area contributed by atoms with Gasteiger partial charge in [0, 0.05) is 22.2 Å². The number of non-ortho nitro benzene ring substituents is 1. The van der Waals surface area contributed by atoms with Gasteiger partial charge in [0.15, 0.2) is 11.6 Å². The van der Waals surface area contributed by atoms with Crippen LogP contribution in [0, 0.1) is 10.1 Å². The topological polar surface area (TPSA) is 93.9 Å². The van der Waals surface area contributed by atoms with Crippen LogP contribution in [0.15, 0.2) is 53.0 Å². The lowest BCUT2D eigenvalue weighted by Crippen LogP contribution is -1.97. The quantitative estimate of drug-likeness (QED) is 0.542. The Morgan fingerprint density at radius 1 is 1.13 bits per heavy atom. The molecule has 0 amide bonds. The molecule has 1 heterocycles. The number of hydrogen-bond acceptors (Lipinski definition) is 5. The minimum absolute atomic E-state index is 0.0306. The van der Waals surface area contributed by atoms with Crippen molar-refractivity contribution in [3.63, 3.8) is 0 Å². The number of nitrogens with zero attached hydrogens (tertiary/aromatic N) is 3.